The number of hydrogen-bond acceptors (Lipinski definition) is 3. The minimum absolute atomic E-state index is 0.0764. The number of rotatable bonds is 4. The Labute approximate surface area is 109 Å². The summed E-state index contributed by atoms with van der Waals surface area (Å²) in [5.74, 6) is 0. The third kappa shape index (κ3) is 2.91. The second kappa shape index (κ2) is 6.01. The zero-order valence-corrected chi connectivity index (χ0v) is 11.3. The zero-order chi connectivity index (χ0) is 13.0. The van der Waals surface area contributed by atoms with Crippen LogP contribution in [0.4, 0.5) is 0 Å². The fourth-order valence-electron chi connectivity index (χ4n) is 2.43. The lowest BCUT2D eigenvalue weighted by Crippen LogP contribution is -2.38. The summed E-state index contributed by atoms with van der Waals surface area (Å²) in [5.41, 5.74) is 1.08. The first kappa shape index (κ1) is 13.1. The van der Waals surface area contributed by atoms with Crippen molar-refractivity contribution >= 4 is 0 Å². The molecule has 0 aliphatic carbocycles. The Bertz CT molecular complexity index is 418. The van der Waals surface area contributed by atoms with Gasteiger partial charge in [0, 0.05) is 18.8 Å². The summed E-state index contributed by atoms with van der Waals surface area (Å²) < 4.78 is 2.03. The van der Waals surface area contributed by atoms with Crippen molar-refractivity contribution in [3.05, 3.63) is 18.0 Å². The van der Waals surface area contributed by atoms with Crippen LogP contribution in [0.25, 0.3) is 0 Å². The largest absolute Gasteiger partial charge is 0.282 e. The molecule has 4 heteroatoms. The van der Waals surface area contributed by atoms with E-state index in [1.807, 2.05) is 4.68 Å². The van der Waals surface area contributed by atoms with Gasteiger partial charge in [0.2, 0.25) is 0 Å². The molecule has 2 heterocycles. The molecule has 0 bridgehead atoms. The van der Waals surface area contributed by atoms with Crippen molar-refractivity contribution < 1.29 is 0 Å². The highest BCUT2D eigenvalue weighted by atomic mass is 15.3. The van der Waals surface area contributed by atoms with Crippen LogP contribution in [0.2, 0.25) is 0 Å². The predicted molar refractivity (Wildman–Crippen MR) is 70.9 cm³/mol. The van der Waals surface area contributed by atoms with Gasteiger partial charge in [0.05, 0.1) is 17.8 Å². The molecule has 1 aromatic rings. The summed E-state index contributed by atoms with van der Waals surface area (Å²) in [6.45, 7) is 6.17. The lowest BCUT2D eigenvalue weighted by Gasteiger charge is -2.30. The molecular weight excluding hydrogens is 224 g/mol. The molecule has 0 amide bonds. The lowest BCUT2D eigenvalue weighted by molar-refractivity contribution is 0.174. The standard InChI is InChI=1S/C14H22N4/c1-3-12(2)18-9-7-13(16-18)11-17-8-5-4-6-14(17)10-15/h7,9,12,14H,3-6,8,11H2,1-2H3. The van der Waals surface area contributed by atoms with E-state index in [2.05, 4.69) is 42.2 Å². The Morgan fingerprint density at radius 2 is 2.39 bits per heavy atom. The van der Waals surface area contributed by atoms with E-state index >= 15 is 0 Å². The first-order chi connectivity index (χ1) is 8.74. The van der Waals surface area contributed by atoms with E-state index in [1.165, 1.54) is 12.8 Å². The highest BCUT2D eigenvalue weighted by Crippen LogP contribution is 2.19. The summed E-state index contributed by atoms with van der Waals surface area (Å²) >= 11 is 0. The molecule has 1 fully saturated rings. The molecule has 1 saturated heterocycles. The van der Waals surface area contributed by atoms with Crippen molar-refractivity contribution in [3.63, 3.8) is 0 Å². The molecule has 0 spiro atoms. The van der Waals surface area contributed by atoms with Gasteiger partial charge >= 0.3 is 0 Å². The monoisotopic (exact) mass is 246 g/mol. The van der Waals surface area contributed by atoms with Gasteiger partial charge in [-0.2, -0.15) is 10.4 Å². The van der Waals surface area contributed by atoms with Crippen LogP contribution in [0.3, 0.4) is 0 Å². The quantitative estimate of drug-likeness (QED) is 0.820. The highest BCUT2D eigenvalue weighted by molar-refractivity contribution is 5.03. The normalized spacial score (nSPS) is 22.6. The molecule has 0 aromatic carbocycles. The molecule has 18 heavy (non-hydrogen) atoms. The van der Waals surface area contributed by atoms with Crippen LogP contribution >= 0.6 is 0 Å². The molecule has 0 saturated carbocycles. The third-order valence-corrected chi connectivity index (χ3v) is 3.83. The number of piperidine rings is 1. The van der Waals surface area contributed by atoms with Gasteiger partial charge in [0.1, 0.15) is 0 Å². The fraction of sp³-hybridized carbons (Fsp3) is 0.714. The van der Waals surface area contributed by atoms with Crippen LogP contribution in [0.5, 0.6) is 0 Å². The highest BCUT2D eigenvalue weighted by Gasteiger charge is 2.22. The van der Waals surface area contributed by atoms with Crippen LogP contribution in [-0.2, 0) is 6.54 Å². The molecule has 0 radical (unpaired) electrons. The van der Waals surface area contributed by atoms with E-state index in [0.717, 1.165) is 31.6 Å². The molecule has 2 unspecified atom stereocenters. The van der Waals surface area contributed by atoms with Gasteiger partial charge in [-0.15, -0.1) is 0 Å². The van der Waals surface area contributed by atoms with Crippen molar-refractivity contribution in [2.45, 2.75) is 58.2 Å². The van der Waals surface area contributed by atoms with Crippen LogP contribution in [-0.4, -0.2) is 27.3 Å². The second-order valence-electron chi connectivity index (χ2n) is 5.16. The van der Waals surface area contributed by atoms with E-state index in [1.54, 1.807) is 0 Å². The average molecular weight is 246 g/mol. The first-order valence-corrected chi connectivity index (χ1v) is 6.92. The van der Waals surface area contributed by atoms with Gasteiger partial charge < -0.3 is 0 Å². The molecule has 1 aliphatic heterocycles. The fourth-order valence-corrected chi connectivity index (χ4v) is 2.43. The van der Waals surface area contributed by atoms with Gasteiger partial charge in [0.25, 0.3) is 0 Å². The van der Waals surface area contributed by atoms with Gasteiger partial charge in [-0.1, -0.05) is 6.92 Å². The Morgan fingerprint density at radius 1 is 1.56 bits per heavy atom. The molecule has 1 aliphatic rings. The van der Waals surface area contributed by atoms with Crippen LogP contribution in [0.1, 0.15) is 51.3 Å². The molecule has 4 nitrogen and oxygen atoms in total. The van der Waals surface area contributed by atoms with Crippen molar-refractivity contribution in [3.8, 4) is 6.07 Å². The topological polar surface area (TPSA) is 44.9 Å². The van der Waals surface area contributed by atoms with E-state index in [0.29, 0.717) is 6.04 Å². The summed E-state index contributed by atoms with van der Waals surface area (Å²) in [5, 5.41) is 13.8. The first-order valence-electron chi connectivity index (χ1n) is 6.92. The second-order valence-corrected chi connectivity index (χ2v) is 5.16. The Balaban J connectivity index is 2.00. The zero-order valence-electron chi connectivity index (χ0n) is 11.3. The summed E-state index contributed by atoms with van der Waals surface area (Å²) in [4.78, 5) is 2.26. The molecular formula is C14H22N4. The lowest BCUT2D eigenvalue weighted by atomic mass is 10.0. The average Bonchev–Trinajstić information content (AvgIpc) is 2.87. The van der Waals surface area contributed by atoms with Crippen molar-refractivity contribution in [2.75, 3.05) is 6.54 Å². The maximum Gasteiger partial charge on any atom is 0.0981 e. The third-order valence-electron chi connectivity index (χ3n) is 3.83. The number of nitrogens with zero attached hydrogens (tertiary/aromatic N) is 4. The van der Waals surface area contributed by atoms with Crippen molar-refractivity contribution in [2.24, 2.45) is 0 Å². The number of likely N-dealkylation sites (tertiary alicyclic amines) is 1. The maximum absolute atomic E-state index is 9.15. The van der Waals surface area contributed by atoms with Crippen molar-refractivity contribution in [1.82, 2.24) is 14.7 Å². The molecule has 0 N–H and O–H groups in total. The van der Waals surface area contributed by atoms with Gasteiger partial charge in [0.15, 0.2) is 0 Å². The van der Waals surface area contributed by atoms with Gasteiger partial charge in [-0.3, -0.25) is 9.58 Å². The summed E-state index contributed by atoms with van der Waals surface area (Å²) in [6.07, 6.45) is 6.52. The van der Waals surface area contributed by atoms with Crippen LogP contribution < -0.4 is 0 Å². The van der Waals surface area contributed by atoms with Crippen LogP contribution in [0, 0.1) is 11.3 Å². The van der Waals surface area contributed by atoms with Gasteiger partial charge in [-0.25, -0.2) is 0 Å². The van der Waals surface area contributed by atoms with E-state index in [4.69, 9.17) is 5.26 Å². The Hall–Kier alpha value is -1.34. The van der Waals surface area contributed by atoms with E-state index in [-0.39, 0.29) is 6.04 Å². The minimum Gasteiger partial charge on any atom is -0.282 e. The van der Waals surface area contributed by atoms with Crippen LogP contribution in [0.15, 0.2) is 12.3 Å². The molecule has 2 rings (SSSR count). The summed E-state index contributed by atoms with van der Waals surface area (Å²) in [7, 11) is 0. The van der Waals surface area contributed by atoms with Crippen molar-refractivity contribution in [1.29, 1.82) is 5.26 Å². The molecule has 2 atom stereocenters. The van der Waals surface area contributed by atoms with Gasteiger partial charge in [-0.05, 0) is 45.2 Å². The minimum atomic E-state index is 0.0764. The molecule has 1 aromatic heterocycles. The number of nitriles is 1. The van der Waals surface area contributed by atoms with E-state index < -0.39 is 0 Å². The molecule has 98 valence electrons. The smallest absolute Gasteiger partial charge is 0.0981 e. The maximum atomic E-state index is 9.15. The predicted octanol–water partition coefficient (Wildman–Crippen LogP) is 2.73. The van der Waals surface area contributed by atoms with E-state index in [9.17, 15) is 0 Å². The Kier molecular flexibility index (Phi) is 4.38. The number of hydrogen-bond donors (Lipinski definition) is 0. The SMILES string of the molecule is CCC(C)n1ccc(CN2CCCCC2C#N)n1. The Morgan fingerprint density at radius 3 is 3.11 bits per heavy atom. The summed E-state index contributed by atoms with van der Waals surface area (Å²) in [6, 6.07) is 5.01. The number of aromatic nitrogens is 2.